The molecular weight excluding hydrogens is 328 g/mol. The standard InChI is InChI=1S/C16H22N4O3S/c1-17-7-6-14-11-20(18-21)16-5-4-13(10-15(14)16)12-24(22,23)19-8-2-3-9-19/h4-5,10-11,17H,2-3,6-9,12H2,1H3. The van der Waals surface area contributed by atoms with Gasteiger partial charge >= 0.3 is 0 Å². The first-order valence-corrected chi connectivity index (χ1v) is 9.75. The molecule has 0 radical (unpaired) electrons. The van der Waals surface area contributed by atoms with Gasteiger partial charge in [0.25, 0.3) is 0 Å². The summed E-state index contributed by atoms with van der Waals surface area (Å²) in [7, 11) is -1.41. The molecule has 2 heterocycles. The Hall–Kier alpha value is -1.77. The minimum atomic E-state index is -3.28. The zero-order chi connectivity index (χ0) is 17.2. The number of rotatable bonds is 7. The summed E-state index contributed by atoms with van der Waals surface area (Å²) in [5.41, 5.74) is 2.43. The molecule has 8 heteroatoms. The first-order chi connectivity index (χ1) is 11.5. The second-order valence-electron chi connectivity index (χ2n) is 6.15. The molecule has 0 unspecified atom stereocenters. The van der Waals surface area contributed by atoms with Crippen molar-refractivity contribution in [3.8, 4) is 0 Å². The number of fused-ring (bicyclic) bond motifs is 1. The van der Waals surface area contributed by atoms with Gasteiger partial charge in [-0.1, -0.05) is 6.07 Å². The second-order valence-corrected chi connectivity index (χ2v) is 8.12. The fourth-order valence-electron chi connectivity index (χ4n) is 3.21. The molecule has 0 aliphatic carbocycles. The lowest BCUT2D eigenvalue weighted by Gasteiger charge is -2.15. The molecule has 1 aromatic carbocycles. The SMILES string of the molecule is CNCCc1cn(N=O)c2ccc(CS(=O)(=O)N3CCCC3)cc12. The molecule has 130 valence electrons. The van der Waals surface area contributed by atoms with Gasteiger partial charge in [0, 0.05) is 24.7 Å². The van der Waals surface area contributed by atoms with Crippen LogP contribution in [0.15, 0.2) is 29.7 Å². The van der Waals surface area contributed by atoms with Crippen molar-refractivity contribution >= 4 is 20.9 Å². The number of nitrogens with one attached hydrogen (secondary N) is 1. The predicted molar refractivity (Wildman–Crippen MR) is 94.2 cm³/mol. The Balaban J connectivity index is 1.93. The summed E-state index contributed by atoms with van der Waals surface area (Å²) >= 11 is 0. The van der Waals surface area contributed by atoms with E-state index in [9.17, 15) is 13.3 Å². The zero-order valence-corrected chi connectivity index (χ0v) is 14.6. The van der Waals surface area contributed by atoms with Gasteiger partial charge in [-0.15, -0.1) is 4.91 Å². The van der Waals surface area contributed by atoms with Gasteiger partial charge in [-0.05, 0) is 56.1 Å². The lowest BCUT2D eigenvalue weighted by Crippen LogP contribution is -2.29. The van der Waals surface area contributed by atoms with Gasteiger partial charge in [-0.3, -0.25) is 0 Å². The molecule has 0 amide bonds. The summed E-state index contributed by atoms with van der Waals surface area (Å²) in [6.45, 7) is 2.00. The number of benzene rings is 1. The molecule has 2 aromatic rings. The number of likely N-dealkylation sites (N-methyl/N-ethyl adjacent to an activating group) is 1. The lowest BCUT2D eigenvalue weighted by atomic mass is 10.1. The Morgan fingerprint density at radius 2 is 2.00 bits per heavy atom. The van der Waals surface area contributed by atoms with Gasteiger partial charge in [0.05, 0.1) is 16.6 Å². The monoisotopic (exact) mass is 350 g/mol. The largest absolute Gasteiger partial charge is 0.319 e. The van der Waals surface area contributed by atoms with Crippen molar-refractivity contribution in [1.82, 2.24) is 14.3 Å². The fourth-order valence-corrected chi connectivity index (χ4v) is 4.81. The van der Waals surface area contributed by atoms with E-state index in [4.69, 9.17) is 0 Å². The molecule has 0 spiro atoms. The van der Waals surface area contributed by atoms with Crippen molar-refractivity contribution < 1.29 is 8.42 Å². The van der Waals surface area contributed by atoms with E-state index in [-0.39, 0.29) is 5.75 Å². The van der Waals surface area contributed by atoms with Crippen molar-refractivity contribution in [2.45, 2.75) is 25.0 Å². The molecule has 1 aliphatic rings. The smallest absolute Gasteiger partial charge is 0.218 e. The molecule has 7 nitrogen and oxygen atoms in total. The summed E-state index contributed by atoms with van der Waals surface area (Å²) in [6.07, 6.45) is 4.33. The fraction of sp³-hybridized carbons (Fsp3) is 0.500. The molecule has 0 bridgehead atoms. The van der Waals surface area contributed by atoms with Gasteiger partial charge in [0.1, 0.15) is 0 Å². The summed E-state index contributed by atoms with van der Waals surface area (Å²) in [4.78, 5) is 11.0. The van der Waals surface area contributed by atoms with Crippen molar-refractivity contribution in [2.24, 2.45) is 5.29 Å². The molecule has 0 atom stereocenters. The van der Waals surface area contributed by atoms with E-state index < -0.39 is 10.0 Å². The van der Waals surface area contributed by atoms with Crippen molar-refractivity contribution in [1.29, 1.82) is 0 Å². The van der Waals surface area contributed by atoms with Crippen LogP contribution in [-0.2, 0) is 22.2 Å². The number of sulfonamides is 1. The highest BCUT2D eigenvalue weighted by atomic mass is 32.2. The summed E-state index contributed by atoms with van der Waals surface area (Å²) in [6, 6.07) is 5.41. The van der Waals surface area contributed by atoms with E-state index >= 15 is 0 Å². The Morgan fingerprint density at radius 3 is 2.67 bits per heavy atom. The third-order valence-corrected chi connectivity index (χ3v) is 6.32. The van der Waals surface area contributed by atoms with Crippen molar-refractivity contribution in [3.05, 3.63) is 40.4 Å². The van der Waals surface area contributed by atoms with Crippen molar-refractivity contribution in [3.63, 3.8) is 0 Å². The van der Waals surface area contributed by atoms with Gasteiger partial charge < -0.3 is 5.32 Å². The molecule has 3 rings (SSSR count). The van der Waals surface area contributed by atoms with Crippen LogP contribution in [0.3, 0.4) is 0 Å². The molecule has 1 fully saturated rings. The van der Waals surface area contributed by atoms with Crippen LogP contribution in [0.5, 0.6) is 0 Å². The Kier molecular flexibility index (Phi) is 4.98. The van der Waals surface area contributed by atoms with E-state index in [0.29, 0.717) is 18.6 Å². The lowest BCUT2D eigenvalue weighted by molar-refractivity contribution is 0.476. The third kappa shape index (κ3) is 3.35. The Labute approximate surface area is 141 Å². The van der Waals surface area contributed by atoms with Crippen molar-refractivity contribution in [2.75, 3.05) is 26.7 Å². The normalized spacial score (nSPS) is 16.0. The molecule has 1 aromatic heterocycles. The molecule has 1 N–H and O–H groups in total. The van der Waals surface area contributed by atoms with Crippen LogP contribution >= 0.6 is 0 Å². The van der Waals surface area contributed by atoms with Gasteiger partial charge in [-0.25, -0.2) is 17.4 Å². The quantitative estimate of drug-likeness (QED) is 0.773. The van der Waals surface area contributed by atoms with Gasteiger partial charge in [0.2, 0.25) is 10.0 Å². The maximum Gasteiger partial charge on any atom is 0.218 e. The highest BCUT2D eigenvalue weighted by Crippen LogP contribution is 2.25. The average Bonchev–Trinajstić information content (AvgIpc) is 3.21. The highest BCUT2D eigenvalue weighted by molar-refractivity contribution is 7.88. The van der Waals surface area contributed by atoms with Crippen LogP contribution in [0.1, 0.15) is 24.0 Å². The molecular formula is C16H22N4O3S. The first kappa shape index (κ1) is 17.1. The highest BCUT2D eigenvalue weighted by Gasteiger charge is 2.25. The minimum Gasteiger partial charge on any atom is -0.319 e. The maximum absolute atomic E-state index is 12.5. The first-order valence-electron chi connectivity index (χ1n) is 8.14. The molecule has 24 heavy (non-hydrogen) atoms. The summed E-state index contributed by atoms with van der Waals surface area (Å²) in [5, 5.41) is 6.98. The number of hydrogen-bond donors (Lipinski definition) is 1. The third-order valence-electron chi connectivity index (χ3n) is 4.47. The second kappa shape index (κ2) is 7.00. The van der Waals surface area contributed by atoms with Crippen LogP contribution < -0.4 is 5.32 Å². The molecule has 0 saturated carbocycles. The van der Waals surface area contributed by atoms with Crippen LogP contribution in [-0.4, -0.2) is 44.1 Å². The summed E-state index contributed by atoms with van der Waals surface area (Å²) in [5.74, 6) is -0.00585. The Bertz CT molecular complexity index is 838. The van der Waals surface area contributed by atoms with Crippen LogP contribution in [0, 0.1) is 4.91 Å². The predicted octanol–water partition coefficient (Wildman–Crippen LogP) is 1.86. The number of hydrogen-bond acceptors (Lipinski definition) is 5. The average molecular weight is 350 g/mol. The van der Waals surface area contributed by atoms with Crippen LogP contribution in [0.25, 0.3) is 10.9 Å². The van der Waals surface area contributed by atoms with Crippen LogP contribution in [0.4, 0.5) is 0 Å². The molecule has 1 aliphatic heterocycles. The van der Waals surface area contributed by atoms with E-state index in [1.807, 2.05) is 13.1 Å². The number of nitroso groups, excluding NO2 is 1. The number of aromatic nitrogens is 1. The van der Waals surface area contributed by atoms with Gasteiger partial charge in [0.15, 0.2) is 0 Å². The molecule has 1 saturated heterocycles. The van der Waals surface area contributed by atoms with E-state index in [2.05, 4.69) is 10.6 Å². The summed E-state index contributed by atoms with van der Waals surface area (Å²) < 4.78 is 27.9. The van der Waals surface area contributed by atoms with Gasteiger partial charge in [-0.2, -0.15) is 0 Å². The van der Waals surface area contributed by atoms with E-state index in [0.717, 1.165) is 42.3 Å². The van der Waals surface area contributed by atoms with Crippen LogP contribution in [0.2, 0.25) is 0 Å². The zero-order valence-electron chi connectivity index (χ0n) is 13.7. The minimum absolute atomic E-state index is 0.00585. The van der Waals surface area contributed by atoms with E-state index in [1.54, 1.807) is 22.6 Å². The topological polar surface area (TPSA) is 83.8 Å². The Morgan fingerprint density at radius 1 is 1.25 bits per heavy atom. The maximum atomic E-state index is 12.5. The van der Waals surface area contributed by atoms with E-state index in [1.165, 1.54) is 4.68 Å². The number of nitrogens with zero attached hydrogens (tertiary/aromatic N) is 3.